The first-order valence-electron chi connectivity index (χ1n) is 18.3. The Kier molecular flexibility index (Phi) is 6.82. The molecular formula is C50H32N4. The van der Waals surface area contributed by atoms with E-state index in [1.165, 1.54) is 49.0 Å². The standard InChI is InChI=1S/C50H32N4/c1-4-15-33(16-5-1)41-32-42(52-50(51-41)34-17-6-2-7-18-34)36-27-28-38-35(31-36)19-14-26-43(38)54-45-25-13-11-23-40(45)49-47(54)30-29-46-48(49)39-22-10-12-24-44(39)53(46)37-20-8-3-9-21-37/h1-32H. The van der Waals surface area contributed by atoms with Crippen LogP contribution in [0.4, 0.5) is 0 Å². The summed E-state index contributed by atoms with van der Waals surface area (Å²) in [5, 5.41) is 7.37. The highest BCUT2D eigenvalue weighted by Gasteiger charge is 2.21. The molecule has 252 valence electrons. The number of para-hydroxylation sites is 3. The van der Waals surface area contributed by atoms with Gasteiger partial charge in [-0.2, -0.15) is 0 Å². The van der Waals surface area contributed by atoms with Crippen molar-refractivity contribution < 1.29 is 0 Å². The summed E-state index contributed by atoms with van der Waals surface area (Å²) in [6.07, 6.45) is 0. The number of nitrogens with zero attached hydrogens (tertiary/aromatic N) is 4. The number of hydrogen-bond acceptors (Lipinski definition) is 2. The molecule has 0 aliphatic rings. The molecule has 0 fully saturated rings. The van der Waals surface area contributed by atoms with Gasteiger partial charge in [0.25, 0.3) is 0 Å². The van der Waals surface area contributed by atoms with Crippen molar-refractivity contribution in [2.45, 2.75) is 0 Å². The van der Waals surface area contributed by atoms with E-state index in [1.807, 2.05) is 24.3 Å². The first-order chi connectivity index (χ1) is 26.8. The molecule has 11 aromatic rings. The van der Waals surface area contributed by atoms with Crippen LogP contribution in [0.2, 0.25) is 0 Å². The third-order valence-corrected chi connectivity index (χ3v) is 10.7. The lowest BCUT2D eigenvalue weighted by atomic mass is 10.0. The maximum atomic E-state index is 5.12. The molecule has 8 aromatic carbocycles. The fourth-order valence-corrected chi connectivity index (χ4v) is 8.32. The molecule has 0 aliphatic carbocycles. The summed E-state index contributed by atoms with van der Waals surface area (Å²) >= 11 is 0. The Hall–Kier alpha value is -7.30. The third-order valence-electron chi connectivity index (χ3n) is 10.7. The predicted octanol–water partition coefficient (Wildman–Crippen LogP) is 12.8. The van der Waals surface area contributed by atoms with E-state index in [0.29, 0.717) is 5.82 Å². The molecule has 0 unspecified atom stereocenters. The van der Waals surface area contributed by atoms with E-state index in [-0.39, 0.29) is 0 Å². The van der Waals surface area contributed by atoms with Crippen LogP contribution in [0.1, 0.15) is 0 Å². The first-order valence-corrected chi connectivity index (χ1v) is 18.3. The lowest BCUT2D eigenvalue weighted by molar-refractivity contribution is 1.18. The van der Waals surface area contributed by atoms with Crippen LogP contribution in [0.3, 0.4) is 0 Å². The molecule has 11 rings (SSSR count). The van der Waals surface area contributed by atoms with Gasteiger partial charge in [-0.05, 0) is 60.0 Å². The molecule has 0 amide bonds. The highest BCUT2D eigenvalue weighted by Crippen LogP contribution is 2.43. The highest BCUT2D eigenvalue weighted by molar-refractivity contribution is 6.29. The van der Waals surface area contributed by atoms with Gasteiger partial charge in [0, 0.05) is 49.3 Å². The van der Waals surface area contributed by atoms with Crippen LogP contribution in [0, 0.1) is 0 Å². The van der Waals surface area contributed by atoms with E-state index in [4.69, 9.17) is 9.97 Å². The van der Waals surface area contributed by atoms with Gasteiger partial charge in [0.1, 0.15) is 0 Å². The summed E-state index contributed by atoms with van der Waals surface area (Å²) in [6, 6.07) is 69.0. The zero-order chi connectivity index (χ0) is 35.6. The van der Waals surface area contributed by atoms with Crippen LogP contribution in [-0.4, -0.2) is 19.1 Å². The van der Waals surface area contributed by atoms with Crippen LogP contribution in [0.25, 0.3) is 99.7 Å². The van der Waals surface area contributed by atoms with Crippen LogP contribution in [-0.2, 0) is 0 Å². The van der Waals surface area contributed by atoms with Gasteiger partial charge in [-0.3, -0.25) is 0 Å². The molecule has 0 aliphatic heterocycles. The van der Waals surface area contributed by atoms with Crippen molar-refractivity contribution >= 4 is 54.4 Å². The Bertz CT molecular complexity index is 3140. The molecule has 0 atom stereocenters. The van der Waals surface area contributed by atoms with Gasteiger partial charge in [-0.25, -0.2) is 9.97 Å². The second kappa shape index (κ2) is 12.1. The average molecular weight is 689 g/mol. The van der Waals surface area contributed by atoms with E-state index in [1.54, 1.807) is 0 Å². The van der Waals surface area contributed by atoms with Crippen molar-refractivity contribution in [3.63, 3.8) is 0 Å². The van der Waals surface area contributed by atoms with E-state index < -0.39 is 0 Å². The van der Waals surface area contributed by atoms with Crippen LogP contribution >= 0.6 is 0 Å². The summed E-state index contributed by atoms with van der Waals surface area (Å²) in [4.78, 5) is 10.1. The second-order valence-electron chi connectivity index (χ2n) is 13.8. The Morgan fingerprint density at radius 2 is 0.889 bits per heavy atom. The zero-order valence-corrected chi connectivity index (χ0v) is 29.3. The zero-order valence-electron chi connectivity index (χ0n) is 29.3. The maximum absolute atomic E-state index is 5.12. The number of fused-ring (bicyclic) bond motifs is 8. The van der Waals surface area contributed by atoms with Crippen molar-refractivity contribution in [1.82, 2.24) is 19.1 Å². The molecule has 0 saturated carbocycles. The SMILES string of the molecule is c1ccc(-c2cc(-c3ccc4c(-n5c6ccccc6c6c7c8ccccc8n(-c8ccccc8)c7ccc65)cccc4c3)nc(-c3ccccc3)n2)cc1. The fourth-order valence-electron chi connectivity index (χ4n) is 8.32. The average Bonchev–Trinajstić information content (AvgIpc) is 3.77. The monoisotopic (exact) mass is 688 g/mol. The molecule has 3 heterocycles. The van der Waals surface area contributed by atoms with Gasteiger partial charge >= 0.3 is 0 Å². The molecular weight excluding hydrogens is 657 g/mol. The van der Waals surface area contributed by atoms with E-state index >= 15 is 0 Å². The van der Waals surface area contributed by atoms with Gasteiger partial charge < -0.3 is 9.13 Å². The molecule has 0 bridgehead atoms. The largest absolute Gasteiger partial charge is 0.309 e. The van der Waals surface area contributed by atoms with E-state index in [0.717, 1.165) is 44.8 Å². The Labute approximate surface area is 311 Å². The minimum atomic E-state index is 0.714. The van der Waals surface area contributed by atoms with E-state index in [9.17, 15) is 0 Å². The van der Waals surface area contributed by atoms with Crippen molar-refractivity contribution in [2.75, 3.05) is 0 Å². The molecule has 0 N–H and O–H groups in total. The lowest BCUT2D eigenvalue weighted by Gasteiger charge is -2.14. The molecule has 3 aromatic heterocycles. The number of rotatable bonds is 5. The molecule has 4 nitrogen and oxygen atoms in total. The van der Waals surface area contributed by atoms with Gasteiger partial charge in [-0.15, -0.1) is 0 Å². The molecule has 4 heteroatoms. The first kappa shape index (κ1) is 30.3. The quantitative estimate of drug-likeness (QED) is 0.180. The molecule has 0 saturated heterocycles. The summed E-state index contributed by atoms with van der Waals surface area (Å²) in [6.45, 7) is 0. The van der Waals surface area contributed by atoms with Crippen molar-refractivity contribution in [2.24, 2.45) is 0 Å². The maximum Gasteiger partial charge on any atom is 0.160 e. The molecule has 0 spiro atoms. The third kappa shape index (κ3) is 4.70. The second-order valence-corrected chi connectivity index (χ2v) is 13.8. The normalized spacial score (nSPS) is 11.7. The summed E-state index contributed by atoms with van der Waals surface area (Å²) in [5.41, 5.74) is 12.0. The summed E-state index contributed by atoms with van der Waals surface area (Å²) in [7, 11) is 0. The van der Waals surface area contributed by atoms with Crippen molar-refractivity contribution in [3.05, 3.63) is 194 Å². The summed E-state index contributed by atoms with van der Waals surface area (Å²) in [5.74, 6) is 0.714. The summed E-state index contributed by atoms with van der Waals surface area (Å²) < 4.78 is 4.85. The fraction of sp³-hybridized carbons (Fsp3) is 0. The van der Waals surface area contributed by atoms with Crippen LogP contribution in [0.5, 0.6) is 0 Å². The van der Waals surface area contributed by atoms with Gasteiger partial charge in [-0.1, -0.05) is 140 Å². The van der Waals surface area contributed by atoms with Gasteiger partial charge in [0.2, 0.25) is 0 Å². The van der Waals surface area contributed by atoms with Crippen molar-refractivity contribution in [3.8, 4) is 45.3 Å². The van der Waals surface area contributed by atoms with E-state index in [2.05, 4.69) is 179 Å². The topological polar surface area (TPSA) is 35.6 Å². The minimum absolute atomic E-state index is 0.714. The Morgan fingerprint density at radius 1 is 0.333 bits per heavy atom. The van der Waals surface area contributed by atoms with Gasteiger partial charge in [0.05, 0.1) is 39.1 Å². The lowest BCUT2D eigenvalue weighted by Crippen LogP contribution is -1.97. The smallest absolute Gasteiger partial charge is 0.160 e. The number of aromatic nitrogens is 4. The molecule has 54 heavy (non-hydrogen) atoms. The Balaban J connectivity index is 1.13. The highest BCUT2D eigenvalue weighted by atomic mass is 15.0. The predicted molar refractivity (Wildman–Crippen MR) is 225 cm³/mol. The van der Waals surface area contributed by atoms with Crippen molar-refractivity contribution in [1.29, 1.82) is 0 Å². The van der Waals surface area contributed by atoms with Gasteiger partial charge in [0.15, 0.2) is 5.82 Å². The molecule has 0 radical (unpaired) electrons. The number of hydrogen-bond donors (Lipinski definition) is 0. The number of benzene rings is 8. The van der Waals surface area contributed by atoms with Crippen LogP contribution < -0.4 is 0 Å². The minimum Gasteiger partial charge on any atom is -0.309 e. The van der Waals surface area contributed by atoms with Crippen LogP contribution in [0.15, 0.2) is 194 Å². The Morgan fingerprint density at radius 3 is 1.57 bits per heavy atom.